The standard InChI is InChI=1S/C14H23NO3S/c1-4-11(2)9-19(16,17)10-13-7-12(8-15)5-6-14(13)18-3/h5-7,11H,4,8-10,15H2,1-3H3. The Kier molecular flexibility index (Phi) is 5.82. The largest absolute Gasteiger partial charge is 0.496 e. The fourth-order valence-electron chi connectivity index (χ4n) is 1.92. The maximum Gasteiger partial charge on any atom is 0.154 e. The van der Waals surface area contributed by atoms with E-state index >= 15 is 0 Å². The van der Waals surface area contributed by atoms with Crippen LogP contribution >= 0.6 is 0 Å². The van der Waals surface area contributed by atoms with Gasteiger partial charge in [0.2, 0.25) is 0 Å². The number of benzene rings is 1. The first-order valence-corrected chi connectivity index (χ1v) is 8.30. The second kappa shape index (κ2) is 6.91. The van der Waals surface area contributed by atoms with E-state index in [0.29, 0.717) is 17.9 Å². The number of hydrogen-bond donors (Lipinski definition) is 1. The fraction of sp³-hybridized carbons (Fsp3) is 0.571. The Morgan fingerprint density at radius 3 is 2.58 bits per heavy atom. The molecule has 0 aliphatic carbocycles. The Hall–Kier alpha value is -1.07. The highest BCUT2D eigenvalue weighted by Crippen LogP contribution is 2.23. The number of ether oxygens (including phenoxy) is 1. The maximum atomic E-state index is 12.2. The highest BCUT2D eigenvalue weighted by molar-refractivity contribution is 7.90. The van der Waals surface area contributed by atoms with Crippen LogP contribution in [-0.4, -0.2) is 21.3 Å². The van der Waals surface area contributed by atoms with Crippen molar-refractivity contribution in [3.8, 4) is 5.75 Å². The molecule has 4 nitrogen and oxygen atoms in total. The summed E-state index contributed by atoms with van der Waals surface area (Å²) in [6.45, 7) is 4.34. The van der Waals surface area contributed by atoms with E-state index < -0.39 is 9.84 Å². The third-order valence-corrected chi connectivity index (χ3v) is 5.02. The van der Waals surface area contributed by atoms with Gasteiger partial charge in [0.25, 0.3) is 0 Å². The summed E-state index contributed by atoms with van der Waals surface area (Å²) in [6.07, 6.45) is 0.860. The zero-order valence-electron chi connectivity index (χ0n) is 11.8. The Morgan fingerprint density at radius 2 is 2.05 bits per heavy atom. The zero-order valence-corrected chi connectivity index (χ0v) is 12.7. The maximum absolute atomic E-state index is 12.2. The second-order valence-corrected chi connectivity index (χ2v) is 7.03. The molecule has 19 heavy (non-hydrogen) atoms. The number of sulfone groups is 1. The van der Waals surface area contributed by atoms with Crippen LogP contribution < -0.4 is 10.5 Å². The summed E-state index contributed by atoms with van der Waals surface area (Å²) in [5, 5.41) is 0. The van der Waals surface area contributed by atoms with Gasteiger partial charge >= 0.3 is 0 Å². The highest BCUT2D eigenvalue weighted by atomic mass is 32.2. The van der Waals surface area contributed by atoms with E-state index in [4.69, 9.17) is 10.5 Å². The molecule has 108 valence electrons. The van der Waals surface area contributed by atoms with E-state index in [9.17, 15) is 8.42 Å². The predicted molar refractivity (Wildman–Crippen MR) is 77.8 cm³/mol. The normalized spacial score (nSPS) is 13.3. The molecule has 1 aromatic carbocycles. The molecule has 1 aromatic rings. The monoisotopic (exact) mass is 285 g/mol. The molecule has 1 unspecified atom stereocenters. The van der Waals surface area contributed by atoms with Gasteiger partial charge < -0.3 is 10.5 Å². The van der Waals surface area contributed by atoms with Crippen molar-refractivity contribution in [3.63, 3.8) is 0 Å². The van der Waals surface area contributed by atoms with Crippen molar-refractivity contribution < 1.29 is 13.2 Å². The summed E-state index contributed by atoms with van der Waals surface area (Å²) >= 11 is 0. The SMILES string of the molecule is CCC(C)CS(=O)(=O)Cc1cc(CN)ccc1OC. The lowest BCUT2D eigenvalue weighted by atomic mass is 10.1. The smallest absolute Gasteiger partial charge is 0.154 e. The minimum Gasteiger partial charge on any atom is -0.496 e. The van der Waals surface area contributed by atoms with Gasteiger partial charge in [0.15, 0.2) is 9.84 Å². The van der Waals surface area contributed by atoms with Crippen LogP contribution in [-0.2, 0) is 22.1 Å². The molecule has 0 bridgehead atoms. The van der Waals surface area contributed by atoms with Crippen LogP contribution in [0, 0.1) is 5.92 Å². The Balaban J connectivity index is 2.97. The molecule has 0 radical (unpaired) electrons. The molecule has 0 fully saturated rings. The lowest BCUT2D eigenvalue weighted by molar-refractivity contribution is 0.410. The van der Waals surface area contributed by atoms with Crippen LogP contribution in [0.25, 0.3) is 0 Å². The summed E-state index contributed by atoms with van der Waals surface area (Å²) in [6, 6.07) is 5.44. The predicted octanol–water partition coefficient (Wildman–Crippen LogP) is 2.11. The van der Waals surface area contributed by atoms with Gasteiger partial charge in [-0.25, -0.2) is 8.42 Å². The van der Waals surface area contributed by atoms with Crippen LogP contribution in [0.15, 0.2) is 18.2 Å². The average Bonchev–Trinajstić information content (AvgIpc) is 2.37. The summed E-state index contributed by atoms with van der Waals surface area (Å²) in [5.74, 6) is 0.993. The molecule has 0 saturated carbocycles. The molecule has 1 atom stereocenters. The highest BCUT2D eigenvalue weighted by Gasteiger charge is 2.18. The number of methoxy groups -OCH3 is 1. The lowest BCUT2D eigenvalue weighted by Gasteiger charge is -2.13. The molecule has 5 heteroatoms. The first-order valence-electron chi connectivity index (χ1n) is 6.48. The molecule has 0 aliphatic heterocycles. The quantitative estimate of drug-likeness (QED) is 0.833. The molecular weight excluding hydrogens is 262 g/mol. The van der Waals surface area contributed by atoms with Gasteiger partial charge in [-0.2, -0.15) is 0 Å². The van der Waals surface area contributed by atoms with Crippen molar-refractivity contribution >= 4 is 9.84 Å². The fourth-order valence-corrected chi connectivity index (χ4v) is 3.84. The van der Waals surface area contributed by atoms with E-state index in [1.165, 1.54) is 0 Å². The summed E-state index contributed by atoms with van der Waals surface area (Å²) in [5.41, 5.74) is 7.19. The van der Waals surface area contributed by atoms with Crippen molar-refractivity contribution in [1.29, 1.82) is 0 Å². The van der Waals surface area contributed by atoms with E-state index in [1.54, 1.807) is 13.2 Å². The molecular formula is C14H23NO3S. The van der Waals surface area contributed by atoms with Crippen molar-refractivity contribution in [2.45, 2.75) is 32.6 Å². The van der Waals surface area contributed by atoms with Crippen molar-refractivity contribution in [2.24, 2.45) is 11.7 Å². The molecule has 2 N–H and O–H groups in total. The molecule has 0 spiro atoms. The minimum atomic E-state index is -3.12. The van der Waals surface area contributed by atoms with E-state index in [1.807, 2.05) is 26.0 Å². The van der Waals surface area contributed by atoms with Gasteiger partial charge in [-0.05, 0) is 23.6 Å². The van der Waals surface area contributed by atoms with E-state index in [-0.39, 0.29) is 17.4 Å². The van der Waals surface area contributed by atoms with Crippen molar-refractivity contribution in [2.75, 3.05) is 12.9 Å². The van der Waals surface area contributed by atoms with Gasteiger partial charge in [0.05, 0.1) is 18.6 Å². The first kappa shape index (κ1) is 16.0. The Bertz CT molecular complexity index is 511. The topological polar surface area (TPSA) is 69.4 Å². The molecule has 0 saturated heterocycles. The summed E-state index contributed by atoms with van der Waals surface area (Å²) < 4.78 is 29.5. The summed E-state index contributed by atoms with van der Waals surface area (Å²) in [7, 11) is -1.58. The third-order valence-electron chi connectivity index (χ3n) is 3.19. The third kappa shape index (κ3) is 4.84. The van der Waals surface area contributed by atoms with Gasteiger partial charge in [0.1, 0.15) is 5.75 Å². The second-order valence-electron chi connectivity index (χ2n) is 4.92. The molecule has 0 aromatic heterocycles. The number of hydrogen-bond acceptors (Lipinski definition) is 4. The van der Waals surface area contributed by atoms with Crippen LogP contribution in [0.1, 0.15) is 31.4 Å². The van der Waals surface area contributed by atoms with Crippen LogP contribution in [0.3, 0.4) is 0 Å². The molecule has 0 amide bonds. The number of nitrogens with two attached hydrogens (primary N) is 1. The molecule has 1 rings (SSSR count). The minimum absolute atomic E-state index is 0.00829. The number of rotatable bonds is 7. The molecule has 0 aliphatic rings. The van der Waals surface area contributed by atoms with Crippen molar-refractivity contribution in [1.82, 2.24) is 0 Å². The Labute approximate surface area is 115 Å². The molecule has 0 heterocycles. The van der Waals surface area contributed by atoms with E-state index in [0.717, 1.165) is 12.0 Å². The van der Waals surface area contributed by atoms with Gasteiger partial charge in [0, 0.05) is 12.1 Å². The van der Waals surface area contributed by atoms with Gasteiger partial charge in [-0.1, -0.05) is 26.3 Å². The van der Waals surface area contributed by atoms with Gasteiger partial charge in [-0.3, -0.25) is 0 Å². The first-order chi connectivity index (χ1) is 8.91. The van der Waals surface area contributed by atoms with Crippen LogP contribution in [0.2, 0.25) is 0 Å². The Morgan fingerprint density at radius 1 is 1.37 bits per heavy atom. The van der Waals surface area contributed by atoms with E-state index in [2.05, 4.69) is 0 Å². The lowest BCUT2D eigenvalue weighted by Crippen LogP contribution is -2.16. The summed E-state index contributed by atoms with van der Waals surface area (Å²) in [4.78, 5) is 0. The van der Waals surface area contributed by atoms with Gasteiger partial charge in [-0.15, -0.1) is 0 Å². The average molecular weight is 285 g/mol. The van der Waals surface area contributed by atoms with Crippen molar-refractivity contribution in [3.05, 3.63) is 29.3 Å². The van der Waals surface area contributed by atoms with Crippen LogP contribution in [0.5, 0.6) is 5.75 Å². The zero-order chi connectivity index (χ0) is 14.5. The van der Waals surface area contributed by atoms with Crippen LogP contribution in [0.4, 0.5) is 0 Å².